The zero-order valence-corrected chi connectivity index (χ0v) is 7.52. The van der Waals surface area contributed by atoms with Crippen LogP contribution in [0.25, 0.3) is 0 Å². The highest BCUT2D eigenvalue weighted by molar-refractivity contribution is 4.53. The molecule has 0 saturated carbocycles. The maximum atomic E-state index is 5.49. The lowest BCUT2D eigenvalue weighted by molar-refractivity contribution is 0.0527. The third-order valence-corrected chi connectivity index (χ3v) is 1.74. The topological polar surface area (TPSA) is 9.23 Å². The van der Waals surface area contributed by atoms with Crippen LogP contribution in [-0.2, 0) is 4.74 Å². The molecule has 0 radical (unpaired) electrons. The average molecular weight is 160 g/mol. The lowest BCUT2D eigenvalue weighted by Gasteiger charge is -2.13. The molecule has 1 nitrogen and oxygen atoms in total. The van der Waals surface area contributed by atoms with Crippen molar-refractivity contribution in [2.75, 3.05) is 6.61 Å². The molecule has 1 unspecified atom stereocenters. The minimum absolute atomic E-state index is 0. The van der Waals surface area contributed by atoms with E-state index in [1.807, 2.05) is 0 Å². The molecule has 0 aliphatic rings. The van der Waals surface area contributed by atoms with E-state index in [-0.39, 0.29) is 7.43 Å². The van der Waals surface area contributed by atoms with Gasteiger partial charge in [0.1, 0.15) is 0 Å². The lowest BCUT2D eigenvalue weighted by atomic mass is 10.1. The maximum Gasteiger partial charge on any atom is 0.0572 e. The monoisotopic (exact) mass is 160 g/mol. The highest BCUT2D eigenvalue weighted by Gasteiger charge is 2.02. The Morgan fingerprint density at radius 3 is 2.18 bits per heavy atom. The van der Waals surface area contributed by atoms with Gasteiger partial charge in [0.2, 0.25) is 0 Å². The fraction of sp³-hybridized carbons (Fsp3) is 1.00. The van der Waals surface area contributed by atoms with Gasteiger partial charge in [0.15, 0.2) is 0 Å². The summed E-state index contributed by atoms with van der Waals surface area (Å²) in [6, 6.07) is 0. The Kier molecular flexibility index (Phi) is 12.3. The summed E-state index contributed by atoms with van der Waals surface area (Å²) >= 11 is 0. The van der Waals surface area contributed by atoms with Gasteiger partial charge in [-0.3, -0.25) is 0 Å². The van der Waals surface area contributed by atoms with Crippen LogP contribution in [0.5, 0.6) is 0 Å². The molecule has 1 heteroatoms. The van der Waals surface area contributed by atoms with Crippen LogP contribution in [-0.4, -0.2) is 12.7 Å². The largest absolute Gasteiger partial charge is 0.379 e. The SMILES string of the molecule is C.CCCCC(CC)OCC. The van der Waals surface area contributed by atoms with Crippen molar-refractivity contribution >= 4 is 0 Å². The summed E-state index contributed by atoms with van der Waals surface area (Å²) in [5.41, 5.74) is 0. The molecule has 0 bridgehead atoms. The van der Waals surface area contributed by atoms with E-state index in [2.05, 4.69) is 20.8 Å². The van der Waals surface area contributed by atoms with Crippen molar-refractivity contribution in [2.45, 2.75) is 60.0 Å². The van der Waals surface area contributed by atoms with Crippen molar-refractivity contribution in [3.63, 3.8) is 0 Å². The number of hydrogen-bond acceptors (Lipinski definition) is 1. The van der Waals surface area contributed by atoms with Gasteiger partial charge in [-0.25, -0.2) is 0 Å². The van der Waals surface area contributed by atoms with E-state index in [4.69, 9.17) is 4.74 Å². The molecule has 0 aliphatic heterocycles. The van der Waals surface area contributed by atoms with Gasteiger partial charge >= 0.3 is 0 Å². The molecule has 0 heterocycles. The van der Waals surface area contributed by atoms with Crippen molar-refractivity contribution in [3.8, 4) is 0 Å². The first-order valence-corrected chi connectivity index (χ1v) is 4.46. The van der Waals surface area contributed by atoms with Crippen LogP contribution in [0, 0.1) is 0 Å². The molecule has 0 amide bonds. The minimum Gasteiger partial charge on any atom is -0.379 e. The Labute approximate surface area is 72.1 Å². The van der Waals surface area contributed by atoms with E-state index in [9.17, 15) is 0 Å². The zero-order valence-electron chi connectivity index (χ0n) is 7.52. The fourth-order valence-corrected chi connectivity index (χ4v) is 1.07. The van der Waals surface area contributed by atoms with Crippen molar-refractivity contribution in [1.29, 1.82) is 0 Å². The summed E-state index contributed by atoms with van der Waals surface area (Å²) in [6.07, 6.45) is 5.50. The van der Waals surface area contributed by atoms with Crippen LogP contribution in [0.2, 0.25) is 0 Å². The van der Waals surface area contributed by atoms with E-state index in [1.165, 1.54) is 19.3 Å². The second-order valence-corrected chi connectivity index (χ2v) is 2.63. The van der Waals surface area contributed by atoms with Gasteiger partial charge < -0.3 is 4.74 Å². The first-order chi connectivity index (χ1) is 4.85. The summed E-state index contributed by atoms with van der Waals surface area (Å²) < 4.78 is 5.49. The van der Waals surface area contributed by atoms with Gasteiger partial charge in [0.25, 0.3) is 0 Å². The molecule has 70 valence electrons. The Morgan fingerprint density at radius 1 is 1.18 bits per heavy atom. The van der Waals surface area contributed by atoms with Crippen LogP contribution < -0.4 is 0 Å². The average Bonchev–Trinajstić information content (AvgIpc) is 1.98. The molecule has 11 heavy (non-hydrogen) atoms. The fourth-order valence-electron chi connectivity index (χ4n) is 1.07. The summed E-state index contributed by atoms with van der Waals surface area (Å²) in [7, 11) is 0. The predicted molar refractivity (Wildman–Crippen MR) is 52.0 cm³/mol. The highest BCUT2D eigenvalue weighted by atomic mass is 16.5. The quantitative estimate of drug-likeness (QED) is 0.576. The van der Waals surface area contributed by atoms with Crippen LogP contribution in [0.3, 0.4) is 0 Å². The molecule has 0 aliphatic carbocycles. The van der Waals surface area contributed by atoms with Gasteiger partial charge in [-0.2, -0.15) is 0 Å². The zero-order chi connectivity index (χ0) is 7.82. The van der Waals surface area contributed by atoms with E-state index in [0.717, 1.165) is 13.0 Å². The van der Waals surface area contributed by atoms with E-state index in [0.29, 0.717) is 6.10 Å². The first kappa shape index (κ1) is 13.5. The Bertz CT molecular complexity index is 61.9. The molecule has 0 saturated heterocycles. The molecule has 0 aromatic carbocycles. The first-order valence-electron chi connectivity index (χ1n) is 4.46. The van der Waals surface area contributed by atoms with Crippen molar-refractivity contribution in [2.24, 2.45) is 0 Å². The molecule has 0 fully saturated rings. The van der Waals surface area contributed by atoms with Crippen molar-refractivity contribution in [3.05, 3.63) is 0 Å². The number of ether oxygens (including phenoxy) is 1. The number of unbranched alkanes of at least 4 members (excludes halogenated alkanes) is 1. The van der Waals surface area contributed by atoms with Crippen LogP contribution >= 0.6 is 0 Å². The van der Waals surface area contributed by atoms with Gasteiger partial charge in [0.05, 0.1) is 6.10 Å². The second kappa shape index (κ2) is 9.96. The van der Waals surface area contributed by atoms with Crippen LogP contribution in [0.1, 0.15) is 53.9 Å². The molecular weight excluding hydrogens is 136 g/mol. The standard InChI is InChI=1S/C9H20O.CH4/c1-4-7-8-9(5-2)10-6-3;/h9H,4-8H2,1-3H3;1H4. The van der Waals surface area contributed by atoms with E-state index < -0.39 is 0 Å². The second-order valence-electron chi connectivity index (χ2n) is 2.63. The van der Waals surface area contributed by atoms with E-state index in [1.54, 1.807) is 0 Å². The Morgan fingerprint density at radius 2 is 1.82 bits per heavy atom. The molecule has 0 rings (SSSR count). The Hall–Kier alpha value is -0.0400. The maximum absolute atomic E-state index is 5.49. The third-order valence-electron chi connectivity index (χ3n) is 1.74. The number of hydrogen-bond donors (Lipinski definition) is 0. The predicted octanol–water partition coefficient (Wildman–Crippen LogP) is 3.63. The van der Waals surface area contributed by atoms with Gasteiger partial charge in [-0.05, 0) is 19.8 Å². The van der Waals surface area contributed by atoms with Crippen LogP contribution in [0.15, 0.2) is 0 Å². The smallest absolute Gasteiger partial charge is 0.0572 e. The summed E-state index contributed by atoms with van der Waals surface area (Å²) in [6.45, 7) is 7.34. The lowest BCUT2D eigenvalue weighted by Crippen LogP contribution is -2.10. The molecule has 1 atom stereocenters. The number of rotatable bonds is 6. The summed E-state index contributed by atoms with van der Waals surface area (Å²) in [4.78, 5) is 0. The molecule has 0 aromatic heterocycles. The van der Waals surface area contributed by atoms with Gasteiger partial charge in [-0.15, -0.1) is 0 Å². The Balaban J connectivity index is 0. The molecular formula is C10H24O. The van der Waals surface area contributed by atoms with Crippen LogP contribution in [0.4, 0.5) is 0 Å². The van der Waals surface area contributed by atoms with Crippen molar-refractivity contribution < 1.29 is 4.74 Å². The third kappa shape index (κ3) is 7.86. The molecule has 0 spiro atoms. The summed E-state index contributed by atoms with van der Waals surface area (Å²) in [5, 5.41) is 0. The van der Waals surface area contributed by atoms with E-state index >= 15 is 0 Å². The highest BCUT2D eigenvalue weighted by Crippen LogP contribution is 2.07. The van der Waals surface area contributed by atoms with Gasteiger partial charge in [-0.1, -0.05) is 34.1 Å². The molecule has 0 N–H and O–H groups in total. The normalized spacial score (nSPS) is 12.3. The van der Waals surface area contributed by atoms with Gasteiger partial charge in [0, 0.05) is 6.61 Å². The summed E-state index contributed by atoms with van der Waals surface area (Å²) in [5.74, 6) is 0. The molecule has 0 aromatic rings. The minimum atomic E-state index is 0. The van der Waals surface area contributed by atoms with Crippen molar-refractivity contribution in [1.82, 2.24) is 0 Å².